The molecule has 138 valence electrons. The Kier molecular flexibility index (Phi) is 4.91. The molecule has 1 aliphatic carbocycles. The van der Waals surface area contributed by atoms with Crippen molar-refractivity contribution in [3.05, 3.63) is 74.6 Å². The number of halogens is 3. The van der Waals surface area contributed by atoms with Crippen LogP contribution in [0.4, 0.5) is 10.1 Å². The standard InChI is InChI=1S/C21H16BrClFNO2/c22-13-6-9-17(16(23)10-13)25-18-2-1-3-19(26)21(18)15(11-20(25)27)12-4-7-14(24)8-5-12/h4-10,15H,1-3,11H2. The Morgan fingerprint density at radius 1 is 1.07 bits per heavy atom. The number of hydrogen-bond acceptors (Lipinski definition) is 2. The minimum Gasteiger partial charge on any atom is -0.294 e. The summed E-state index contributed by atoms with van der Waals surface area (Å²) in [6, 6.07) is 11.4. The van der Waals surface area contributed by atoms with Gasteiger partial charge < -0.3 is 0 Å². The van der Waals surface area contributed by atoms with Crippen molar-refractivity contribution in [1.29, 1.82) is 0 Å². The number of carbonyl (C=O) groups excluding carboxylic acids is 2. The van der Waals surface area contributed by atoms with Crippen molar-refractivity contribution >= 4 is 44.9 Å². The van der Waals surface area contributed by atoms with Crippen molar-refractivity contribution in [1.82, 2.24) is 0 Å². The number of benzene rings is 2. The minimum atomic E-state index is -0.341. The maximum absolute atomic E-state index is 13.3. The highest BCUT2D eigenvalue weighted by molar-refractivity contribution is 9.10. The first-order valence-corrected chi connectivity index (χ1v) is 9.92. The molecule has 1 aliphatic heterocycles. The van der Waals surface area contributed by atoms with Crippen molar-refractivity contribution in [2.75, 3.05) is 4.90 Å². The molecule has 0 aromatic heterocycles. The van der Waals surface area contributed by atoms with Gasteiger partial charge in [0.25, 0.3) is 0 Å². The summed E-state index contributed by atoms with van der Waals surface area (Å²) >= 11 is 9.77. The van der Waals surface area contributed by atoms with E-state index in [1.54, 1.807) is 29.2 Å². The second kappa shape index (κ2) is 7.21. The van der Waals surface area contributed by atoms with E-state index in [2.05, 4.69) is 15.9 Å². The minimum absolute atomic E-state index is 0.0521. The Labute approximate surface area is 169 Å². The highest BCUT2D eigenvalue weighted by atomic mass is 79.9. The van der Waals surface area contributed by atoms with Gasteiger partial charge in [-0.05, 0) is 48.7 Å². The summed E-state index contributed by atoms with van der Waals surface area (Å²) in [5.41, 5.74) is 2.76. The molecule has 6 heteroatoms. The SMILES string of the molecule is O=C1CCCC2=C1C(c1ccc(F)cc1)CC(=O)N2c1ccc(Br)cc1Cl. The van der Waals surface area contributed by atoms with Crippen LogP contribution in [-0.4, -0.2) is 11.7 Å². The van der Waals surface area contributed by atoms with Crippen molar-refractivity contribution in [3.8, 4) is 0 Å². The first-order chi connectivity index (χ1) is 13.0. The number of carbonyl (C=O) groups is 2. The number of nitrogens with zero attached hydrogens (tertiary/aromatic N) is 1. The van der Waals surface area contributed by atoms with Crippen LogP contribution in [0.5, 0.6) is 0 Å². The van der Waals surface area contributed by atoms with Crippen molar-refractivity contribution in [2.45, 2.75) is 31.6 Å². The Hall–Kier alpha value is -1.98. The third-order valence-corrected chi connectivity index (χ3v) is 5.89. The van der Waals surface area contributed by atoms with Crippen LogP contribution in [0.25, 0.3) is 0 Å². The summed E-state index contributed by atoms with van der Waals surface area (Å²) < 4.78 is 14.1. The molecule has 0 saturated heterocycles. The monoisotopic (exact) mass is 447 g/mol. The van der Waals surface area contributed by atoms with Gasteiger partial charge in [-0.3, -0.25) is 14.5 Å². The molecule has 1 atom stereocenters. The summed E-state index contributed by atoms with van der Waals surface area (Å²) in [4.78, 5) is 27.5. The molecule has 1 unspecified atom stereocenters. The van der Waals surface area contributed by atoms with E-state index in [9.17, 15) is 14.0 Å². The average Bonchev–Trinajstić information content (AvgIpc) is 2.63. The van der Waals surface area contributed by atoms with Gasteiger partial charge in [0.1, 0.15) is 5.82 Å². The molecule has 0 N–H and O–H groups in total. The molecule has 0 radical (unpaired) electrons. The van der Waals surface area contributed by atoms with Crippen molar-refractivity contribution in [2.24, 2.45) is 0 Å². The van der Waals surface area contributed by atoms with Gasteiger partial charge in [-0.25, -0.2) is 4.39 Å². The highest BCUT2D eigenvalue weighted by Crippen LogP contribution is 2.45. The Morgan fingerprint density at radius 3 is 2.52 bits per heavy atom. The van der Waals surface area contributed by atoms with E-state index in [0.29, 0.717) is 35.5 Å². The second-order valence-electron chi connectivity index (χ2n) is 6.77. The molecule has 27 heavy (non-hydrogen) atoms. The number of Topliss-reactive ketones (excluding diaryl/α,β-unsaturated/α-hetero) is 1. The predicted molar refractivity (Wildman–Crippen MR) is 106 cm³/mol. The summed E-state index contributed by atoms with van der Waals surface area (Å²) in [5.74, 6) is -0.738. The van der Waals surface area contributed by atoms with Gasteiger partial charge in [0.05, 0.1) is 10.7 Å². The molecule has 3 nitrogen and oxygen atoms in total. The summed E-state index contributed by atoms with van der Waals surface area (Å²) in [6.45, 7) is 0. The summed E-state index contributed by atoms with van der Waals surface area (Å²) in [7, 11) is 0. The maximum atomic E-state index is 13.3. The molecule has 0 spiro atoms. The quantitative estimate of drug-likeness (QED) is 0.585. The van der Waals surface area contributed by atoms with E-state index in [1.807, 2.05) is 6.07 Å². The lowest BCUT2D eigenvalue weighted by Crippen LogP contribution is -2.40. The predicted octanol–water partition coefficient (Wildman–Crippen LogP) is 5.77. The molecule has 2 aromatic rings. The van der Waals surface area contributed by atoms with E-state index < -0.39 is 0 Å². The molecule has 1 amide bonds. The van der Waals surface area contributed by atoms with Crippen LogP contribution in [0, 0.1) is 5.82 Å². The van der Waals surface area contributed by atoms with Crippen LogP contribution < -0.4 is 4.90 Å². The summed E-state index contributed by atoms with van der Waals surface area (Å²) in [5, 5.41) is 0.447. The Bertz CT molecular complexity index is 971. The maximum Gasteiger partial charge on any atom is 0.232 e. The molecule has 1 heterocycles. The third kappa shape index (κ3) is 3.34. The van der Waals surface area contributed by atoms with Gasteiger partial charge in [-0.2, -0.15) is 0 Å². The molecule has 4 rings (SSSR count). The topological polar surface area (TPSA) is 37.4 Å². The number of rotatable bonds is 2. The smallest absolute Gasteiger partial charge is 0.232 e. The molecular weight excluding hydrogens is 433 g/mol. The van der Waals surface area contributed by atoms with Gasteiger partial charge in [-0.1, -0.05) is 39.7 Å². The third-order valence-electron chi connectivity index (χ3n) is 5.10. The van der Waals surface area contributed by atoms with E-state index in [1.165, 1.54) is 12.1 Å². The first-order valence-electron chi connectivity index (χ1n) is 8.75. The van der Waals surface area contributed by atoms with E-state index in [4.69, 9.17) is 11.6 Å². The van der Waals surface area contributed by atoms with Crippen molar-refractivity contribution < 1.29 is 14.0 Å². The zero-order valence-corrected chi connectivity index (χ0v) is 16.7. The van der Waals surface area contributed by atoms with Crippen LogP contribution in [0.15, 0.2) is 58.2 Å². The molecule has 2 aromatic carbocycles. The van der Waals surface area contributed by atoms with E-state index >= 15 is 0 Å². The van der Waals surface area contributed by atoms with Gasteiger partial charge in [-0.15, -0.1) is 0 Å². The van der Waals surface area contributed by atoms with Gasteiger partial charge in [0, 0.05) is 34.5 Å². The van der Waals surface area contributed by atoms with Gasteiger partial charge in [0.2, 0.25) is 5.91 Å². The number of hydrogen-bond donors (Lipinski definition) is 0. The van der Waals surface area contributed by atoms with Crippen LogP contribution in [0.1, 0.15) is 37.2 Å². The lowest BCUT2D eigenvalue weighted by molar-refractivity contribution is -0.119. The molecule has 0 bridgehead atoms. The fourth-order valence-corrected chi connectivity index (χ4v) is 4.67. The first kappa shape index (κ1) is 18.4. The lowest BCUT2D eigenvalue weighted by atomic mass is 9.77. The van der Waals surface area contributed by atoms with Crippen LogP contribution in [0.3, 0.4) is 0 Å². The molecule has 0 saturated carbocycles. The normalized spacial score (nSPS) is 20.1. The van der Waals surface area contributed by atoms with Crippen LogP contribution >= 0.6 is 27.5 Å². The number of amides is 1. The lowest BCUT2D eigenvalue weighted by Gasteiger charge is -2.38. The number of anilines is 1. The second-order valence-corrected chi connectivity index (χ2v) is 8.09. The fraction of sp³-hybridized carbons (Fsp3) is 0.238. The van der Waals surface area contributed by atoms with E-state index in [-0.39, 0.29) is 29.8 Å². The van der Waals surface area contributed by atoms with Crippen molar-refractivity contribution in [3.63, 3.8) is 0 Å². The molecule has 0 fully saturated rings. The van der Waals surface area contributed by atoms with Crippen LogP contribution in [0.2, 0.25) is 5.02 Å². The largest absolute Gasteiger partial charge is 0.294 e. The highest BCUT2D eigenvalue weighted by Gasteiger charge is 2.40. The zero-order chi connectivity index (χ0) is 19.1. The fourth-order valence-electron chi connectivity index (χ4n) is 3.91. The Balaban J connectivity index is 1.87. The number of allylic oxidation sites excluding steroid dienone is 2. The average molecular weight is 449 g/mol. The van der Waals surface area contributed by atoms with E-state index in [0.717, 1.165) is 15.7 Å². The number of ketones is 1. The van der Waals surface area contributed by atoms with Gasteiger partial charge in [0.15, 0.2) is 5.78 Å². The zero-order valence-electron chi connectivity index (χ0n) is 14.3. The molecule has 2 aliphatic rings. The Morgan fingerprint density at radius 2 is 1.81 bits per heavy atom. The molecular formula is C21H16BrClFNO2. The summed E-state index contributed by atoms with van der Waals surface area (Å²) in [6.07, 6.45) is 1.96. The van der Waals surface area contributed by atoms with Gasteiger partial charge >= 0.3 is 0 Å². The van der Waals surface area contributed by atoms with Crippen LogP contribution in [-0.2, 0) is 9.59 Å².